The molecule has 10 heteroatoms. The maximum absolute atomic E-state index is 14.1. The molecule has 0 aliphatic carbocycles. The van der Waals surface area contributed by atoms with Crippen LogP contribution < -0.4 is 10.6 Å². The van der Waals surface area contributed by atoms with Gasteiger partial charge in [0.25, 0.3) is 0 Å². The van der Waals surface area contributed by atoms with E-state index in [0.29, 0.717) is 35.6 Å². The van der Waals surface area contributed by atoms with Crippen LogP contribution in [0.25, 0.3) is 0 Å². The second-order valence-corrected chi connectivity index (χ2v) is 9.88. The molecule has 0 spiro atoms. The quantitative estimate of drug-likeness (QED) is 0.786. The van der Waals surface area contributed by atoms with Gasteiger partial charge in [0.15, 0.2) is 11.0 Å². The Balaban J connectivity index is 1.73. The first-order valence-electron chi connectivity index (χ1n) is 8.72. The van der Waals surface area contributed by atoms with Gasteiger partial charge in [-0.15, -0.1) is 11.3 Å². The van der Waals surface area contributed by atoms with Crippen molar-refractivity contribution < 1.29 is 9.50 Å². The van der Waals surface area contributed by atoms with E-state index in [9.17, 15) is 14.8 Å². The van der Waals surface area contributed by atoms with E-state index in [-0.39, 0.29) is 16.4 Å². The Labute approximate surface area is 170 Å². The number of hydrogen-bond acceptors (Lipinski definition) is 9. The lowest BCUT2D eigenvalue weighted by atomic mass is 9.93. The molecule has 0 radical (unpaired) electrons. The molecule has 0 bridgehead atoms. The standard InChI is InChI=1S/C18H19FN6OS2/c1-17(2,26)14-12(19)7-23-16(24-14)25-8-10-6-22-15(21)28-18(10,9-25)13-4-3-11(5-20)27-13/h3-4,7,10,26H,6,8-9H2,1-2H3,(H2,21,22)/t10-,18-/m0/s1. The first-order chi connectivity index (χ1) is 13.2. The van der Waals surface area contributed by atoms with Crippen LogP contribution in [0.15, 0.2) is 23.3 Å². The number of thioether (sulfide) groups is 1. The molecule has 0 aromatic carbocycles. The number of aromatic nitrogens is 2. The van der Waals surface area contributed by atoms with Gasteiger partial charge in [0, 0.05) is 30.4 Å². The molecule has 2 aliphatic heterocycles. The summed E-state index contributed by atoms with van der Waals surface area (Å²) in [5, 5.41) is 20.0. The molecule has 0 unspecified atom stereocenters. The van der Waals surface area contributed by atoms with Crippen LogP contribution in [0.5, 0.6) is 0 Å². The zero-order valence-electron chi connectivity index (χ0n) is 15.4. The molecule has 2 aliphatic rings. The average molecular weight is 419 g/mol. The Morgan fingerprint density at radius 1 is 1.46 bits per heavy atom. The van der Waals surface area contributed by atoms with Crippen LogP contribution in [0, 0.1) is 23.1 Å². The summed E-state index contributed by atoms with van der Waals surface area (Å²) < 4.78 is 13.7. The first-order valence-corrected chi connectivity index (χ1v) is 10.4. The molecule has 146 valence electrons. The number of halogens is 1. The van der Waals surface area contributed by atoms with Crippen LogP contribution in [0.1, 0.15) is 29.3 Å². The fourth-order valence-electron chi connectivity index (χ4n) is 3.68. The molecule has 4 heterocycles. The predicted octanol–water partition coefficient (Wildman–Crippen LogP) is 2.17. The Bertz CT molecular complexity index is 995. The normalized spacial score (nSPS) is 24.6. The fraction of sp³-hybridized carbons (Fsp3) is 0.444. The van der Waals surface area contributed by atoms with Gasteiger partial charge in [-0.05, 0) is 26.0 Å². The summed E-state index contributed by atoms with van der Waals surface area (Å²) in [6, 6.07) is 5.98. The summed E-state index contributed by atoms with van der Waals surface area (Å²) in [6.07, 6.45) is 1.10. The number of hydrogen-bond donors (Lipinski definition) is 2. The lowest BCUT2D eigenvalue weighted by Crippen LogP contribution is -2.38. The molecular weight excluding hydrogens is 399 g/mol. The van der Waals surface area contributed by atoms with Crippen LogP contribution in [-0.4, -0.2) is 39.9 Å². The van der Waals surface area contributed by atoms with Crippen LogP contribution >= 0.6 is 23.1 Å². The van der Waals surface area contributed by atoms with Crippen LogP contribution in [0.2, 0.25) is 0 Å². The third-order valence-corrected chi connectivity index (χ3v) is 7.69. The molecular formula is C18H19FN6OS2. The van der Waals surface area contributed by atoms with Gasteiger partial charge < -0.3 is 15.7 Å². The topological polar surface area (TPSA) is 111 Å². The molecule has 0 amide bonds. The lowest BCUT2D eigenvalue weighted by Gasteiger charge is -2.34. The van der Waals surface area contributed by atoms with Gasteiger partial charge in [0.1, 0.15) is 22.2 Å². The van der Waals surface area contributed by atoms with Crippen molar-refractivity contribution in [1.29, 1.82) is 5.26 Å². The van der Waals surface area contributed by atoms with Crippen molar-refractivity contribution in [3.05, 3.63) is 39.6 Å². The van der Waals surface area contributed by atoms with E-state index in [2.05, 4.69) is 21.0 Å². The Morgan fingerprint density at radius 2 is 2.25 bits per heavy atom. The molecule has 3 N–H and O–H groups in total. The number of rotatable bonds is 3. The van der Waals surface area contributed by atoms with Gasteiger partial charge in [0.2, 0.25) is 5.95 Å². The highest BCUT2D eigenvalue weighted by atomic mass is 32.2. The van der Waals surface area contributed by atoms with Crippen molar-refractivity contribution >= 4 is 34.2 Å². The number of aliphatic imine (C=N–C) groups is 1. The molecule has 7 nitrogen and oxygen atoms in total. The van der Waals surface area contributed by atoms with E-state index in [0.717, 1.165) is 11.1 Å². The van der Waals surface area contributed by atoms with E-state index in [1.54, 1.807) is 0 Å². The van der Waals surface area contributed by atoms with Crippen LogP contribution in [0.3, 0.4) is 0 Å². The molecule has 28 heavy (non-hydrogen) atoms. The molecule has 4 rings (SSSR count). The molecule has 0 saturated carbocycles. The largest absolute Gasteiger partial charge is 0.384 e. The summed E-state index contributed by atoms with van der Waals surface area (Å²) in [4.78, 5) is 16.6. The minimum Gasteiger partial charge on any atom is -0.384 e. The number of thiophene rings is 1. The highest BCUT2D eigenvalue weighted by Crippen LogP contribution is 2.52. The van der Waals surface area contributed by atoms with Crippen LogP contribution in [0.4, 0.5) is 10.3 Å². The molecule has 1 fully saturated rings. The number of aliphatic hydroxyl groups is 1. The van der Waals surface area contributed by atoms with Crippen molar-refractivity contribution in [2.45, 2.75) is 24.2 Å². The van der Waals surface area contributed by atoms with Gasteiger partial charge in [-0.2, -0.15) is 5.26 Å². The predicted molar refractivity (Wildman–Crippen MR) is 108 cm³/mol. The van der Waals surface area contributed by atoms with Gasteiger partial charge in [-0.25, -0.2) is 14.4 Å². The molecule has 1 saturated heterocycles. The van der Waals surface area contributed by atoms with Gasteiger partial charge >= 0.3 is 0 Å². The number of nitrogens with two attached hydrogens (primary N) is 1. The summed E-state index contributed by atoms with van der Waals surface area (Å²) >= 11 is 2.96. The highest BCUT2D eigenvalue weighted by molar-refractivity contribution is 8.14. The van der Waals surface area contributed by atoms with Gasteiger partial charge in [0.05, 0.1) is 10.9 Å². The van der Waals surface area contributed by atoms with E-state index in [1.165, 1.54) is 36.9 Å². The molecule has 2 atom stereocenters. The third kappa shape index (κ3) is 3.13. The smallest absolute Gasteiger partial charge is 0.225 e. The van der Waals surface area contributed by atoms with E-state index in [4.69, 9.17) is 5.73 Å². The number of fused-ring (bicyclic) bond motifs is 1. The Morgan fingerprint density at radius 3 is 2.93 bits per heavy atom. The third-order valence-electron chi connectivity index (χ3n) is 5.01. The second kappa shape index (κ2) is 6.69. The second-order valence-electron chi connectivity index (χ2n) is 7.45. The summed E-state index contributed by atoms with van der Waals surface area (Å²) in [6.45, 7) is 4.73. The maximum atomic E-state index is 14.1. The molecule has 2 aromatic rings. The van der Waals surface area contributed by atoms with Gasteiger partial charge in [-0.1, -0.05) is 11.8 Å². The van der Waals surface area contributed by atoms with E-state index >= 15 is 0 Å². The van der Waals surface area contributed by atoms with Gasteiger partial charge in [-0.3, -0.25) is 4.99 Å². The summed E-state index contributed by atoms with van der Waals surface area (Å²) in [7, 11) is 0. The van der Waals surface area contributed by atoms with E-state index < -0.39 is 11.4 Å². The first kappa shape index (κ1) is 19.1. The monoisotopic (exact) mass is 418 g/mol. The van der Waals surface area contributed by atoms with E-state index in [1.807, 2.05) is 17.0 Å². The number of nitriles is 1. The number of nitrogens with zero attached hydrogens (tertiary/aromatic N) is 5. The zero-order valence-corrected chi connectivity index (χ0v) is 17.0. The maximum Gasteiger partial charge on any atom is 0.225 e. The SMILES string of the molecule is CC(C)(O)c1nc(N2C[C@@H]3CN=C(N)S[C@@]3(c3ccc(C#N)s3)C2)ncc1F. The van der Waals surface area contributed by atoms with Crippen molar-refractivity contribution in [1.82, 2.24) is 9.97 Å². The molecule has 2 aromatic heterocycles. The van der Waals surface area contributed by atoms with Crippen LogP contribution in [-0.2, 0) is 10.3 Å². The van der Waals surface area contributed by atoms with Crippen molar-refractivity contribution in [2.24, 2.45) is 16.6 Å². The average Bonchev–Trinajstić information content (AvgIpc) is 3.26. The number of amidine groups is 1. The highest BCUT2D eigenvalue weighted by Gasteiger charge is 2.52. The Kier molecular flexibility index (Phi) is 4.56. The lowest BCUT2D eigenvalue weighted by molar-refractivity contribution is 0.0693. The Hall–Kier alpha value is -2.22. The zero-order chi connectivity index (χ0) is 20.1. The number of anilines is 1. The minimum atomic E-state index is -1.41. The van der Waals surface area contributed by atoms with Crippen molar-refractivity contribution in [2.75, 3.05) is 24.5 Å². The van der Waals surface area contributed by atoms with Crippen molar-refractivity contribution in [3.8, 4) is 6.07 Å². The fourth-order valence-corrected chi connectivity index (χ4v) is 6.10. The summed E-state index contributed by atoms with van der Waals surface area (Å²) in [5.74, 6) is -0.126. The van der Waals surface area contributed by atoms with Crippen molar-refractivity contribution in [3.63, 3.8) is 0 Å². The summed E-state index contributed by atoms with van der Waals surface area (Å²) in [5.41, 5.74) is 4.61. The minimum absolute atomic E-state index is 0.0345.